The number of aromatic nitrogens is 2. The highest BCUT2D eigenvalue weighted by Crippen LogP contribution is 2.34. The van der Waals surface area contributed by atoms with Crippen molar-refractivity contribution < 1.29 is 9.90 Å². The third-order valence-corrected chi connectivity index (χ3v) is 2.41. The van der Waals surface area contributed by atoms with Crippen molar-refractivity contribution in [3.8, 4) is 0 Å². The van der Waals surface area contributed by atoms with Crippen LogP contribution in [0.3, 0.4) is 0 Å². The number of hydrogen-bond acceptors (Lipinski definition) is 2. The van der Waals surface area contributed by atoms with Crippen LogP contribution in [0.4, 0.5) is 0 Å². The van der Waals surface area contributed by atoms with E-state index in [0.717, 1.165) is 5.56 Å². The molecule has 1 aliphatic rings. The first-order chi connectivity index (χ1) is 6.18. The standard InChI is InChI=1S/C9H12N2O2/c1-6(9(12)13)7-4-10-11(5-7)8-2-3-8/h4-6,8H,2-3H2,1H3,(H,12,13). The molecule has 1 aromatic heterocycles. The molecule has 1 aromatic rings. The lowest BCUT2D eigenvalue weighted by Crippen LogP contribution is -2.06. The summed E-state index contributed by atoms with van der Waals surface area (Å²) in [5.41, 5.74) is 0.791. The number of nitrogens with zero attached hydrogens (tertiary/aromatic N) is 2. The average molecular weight is 180 g/mol. The second kappa shape index (κ2) is 2.87. The van der Waals surface area contributed by atoms with Gasteiger partial charge in [0.1, 0.15) is 0 Å². The van der Waals surface area contributed by atoms with Crippen LogP contribution in [0.1, 0.15) is 37.3 Å². The van der Waals surface area contributed by atoms with Crippen molar-refractivity contribution in [1.82, 2.24) is 9.78 Å². The van der Waals surface area contributed by atoms with Gasteiger partial charge in [0.05, 0.1) is 18.2 Å². The maximum atomic E-state index is 10.7. The minimum Gasteiger partial charge on any atom is -0.481 e. The summed E-state index contributed by atoms with van der Waals surface area (Å²) in [4.78, 5) is 10.7. The molecule has 4 nitrogen and oxygen atoms in total. The number of carbonyl (C=O) groups is 1. The average Bonchev–Trinajstić information content (AvgIpc) is 2.83. The molecule has 0 spiro atoms. The molecule has 2 rings (SSSR count). The van der Waals surface area contributed by atoms with Gasteiger partial charge < -0.3 is 5.11 Å². The Kier molecular flexibility index (Phi) is 1.83. The van der Waals surface area contributed by atoms with Crippen molar-refractivity contribution in [1.29, 1.82) is 0 Å². The van der Waals surface area contributed by atoms with E-state index in [2.05, 4.69) is 5.10 Å². The molecular formula is C9H12N2O2. The fourth-order valence-corrected chi connectivity index (χ4v) is 1.26. The normalized spacial score (nSPS) is 18.5. The molecule has 0 amide bonds. The zero-order valence-electron chi connectivity index (χ0n) is 7.47. The minimum atomic E-state index is -0.796. The summed E-state index contributed by atoms with van der Waals surface area (Å²) in [6.07, 6.45) is 5.83. The van der Waals surface area contributed by atoms with Crippen LogP contribution in [0.25, 0.3) is 0 Å². The Morgan fingerprint density at radius 2 is 2.46 bits per heavy atom. The minimum absolute atomic E-state index is 0.451. The lowest BCUT2D eigenvalue weighted by atomic mass is 10.1. The molecule has 4 heteroatoms. The summed E-state index contributed by atoms with van der Waals surface area (Å²) in [6.45, 7) is 1.68. The molecule has 70 valence electrons. The van der Waals surface area contributed by atoms with E-state index >= 15 is 0 Å². The third kappa shape index (κ3) is 1.56. The number of rotatable bonds is 3. The second-order valence-electron chi connectivity index (χ2n) is 3.54. The first-order valence-corrected chi connectivity index (χ1v) is 4.45. The van der Waals surface area contributed by atoms with Gasteiger partial charge in [-0.2, -0.15) is 5.10 Å². The fourth-order valence-electron chi connectivity index (χ4n) is 1.26. The predicted molar refractivity (Wildman–Crippen MR) is 46.5 cm³/mol. The third-order valence-electron chi connectivity index (χ3n) is 2.41. The van der Waals surface area contributed by atoms with Crippen molar-refractivity contribution in [2.75, 3.05) is 0 Å². The van der Waals surface area contributed by atoms with Gasteiger partial charge in [0.25, 0.3) is 0 Å². The van der Waals surface area contributed by atoms with Crippen molar-refractivity contribution in [3.63, 3.8) is 0 Å². The molecule has 0 saturated heterocycles. The maximum absolute atomic E-state index is 10.7. The first kappa shape index (κ1) is 8.29. The molecule has 1 saturated carbocycles. The Hall–Kier alpha value is -1.32. The summed E-state index contributed by atoms with van der Waals surface area (Å²) < 4.78 is 1.87. The highest BCUT2D eigenvalue weighted by Gasteiger charge is 2.25. The summed E-state index contributed by atoms with van der Waals surface area (Å²) in [5.74, 6) is -1.25. The van der Waals surface area contributed by atoms with Gasteiger partial charge in [0, 0.05) is 11.8 Å². The zero-order chi connectivity index (χ0) is 9.42. The highest BCUT2D eigenvalue weighted by atomic mass is 16.4. The highest BCUT2D eigenvalue weighted by molar-refractivity contribution is 5.75. The molecule has 0 aliphatic heterocycles. The van der Waals surface area contributed by atoms with E-state index in [4.69, 9.17) is 5.11 Å². The van der Waals surface area contributed by atoms with Crippen LogP contribution in [0.2, 0.25) is 0 Å². The van der Waals surface area contributed by atoms with Crippen LogP contribution in [-0.2, 0) is 4.79 Å². The van der Waals surface area contributed by atoms with Gasteiger partial charge in [0.15, 0.2) is 0 Å². The Morgan fingerprint density at radius 1 is 1.77 bits per heavy atom. The van der Waals surface area contributed by atoms with E-state index in [9.17, 15) is 4.79 Å². The zero-order valence-corrected chi connectivity index (χ0v) is 7.47. The second-order valence-corrected chi connectivity index (χ2v) is 3.54. The molecule has 1 N–H and O–H groups in total. The van der Waals surface area contributed by atoms with Gasteiger partial charge >= 0.3 is 5.97 Å². The Balaban J connectivity index is 2.16. The number of carboxylic acids is 1. The van der Waals surface area contributed by atoms with Crippen LogP contribution < -0.4 is 0 Å². The van der Waals surface area contributed by atoms with Crippen molar-refractivity contribution >= 4 is 5.97 Å². The van der Waals surface area contributed by atoms with E-state index in [1.165, 1.54) is 12.8 Å². The van der Waals surface area contributed by atoms with Gasteiger partial charge in [-0.25, -0.2) is 0 Å². The summed E-state index contributed by atoms with van der Waals surface area (Å²) >= 11 is 0. The van der Waals surface area contributed by atoms with E-state index in [1.54, 1.807) is 13.1 Å². The van der Waals surface area contributed by atoms with Crippen molar-refractivity contribution in [3.05, 3.63) is 18.0 Å². The van der Waals surface area contributed by atoms with Crippen LogP contribution in [-0.4, -0.2) is 20.9 Å². The fraction of sp³-hybridized carbons (Fsp3) is 0.556. The molecule has 1 unspecified atom stereocenters. The van der Waals surface area contributed by atoms with Crippen molar-refractivity contribution in [2.45, 2.75) is 31.7 Å². The lowest BCUT2D eigenvalue weighted by molar-refractivity contribution is -0.138. The van der Waals surface area contributed by atoms with Crippen LogP contribution in [0, 0.1) is 0 Å². The van der Waals surface area contributed by atoms with E-state index < -0.39 is 11.9 Å². The van der Waals surface area contributed by atoms with E-state index in [-0.39, 0.29) is 0 Å². The molecule has 1 heterocycles. The van der Waals surface area contributed by atoms with Crippen LogP contribution >= 0.6 is 0 Å². The monoisotopic (exact) mass is 180 g/mol. The molecule has 0 bridgehead atoms. The van der Waals surface area contributed by atoms with E-state index in [0.29, 0.717) is 6.04 Å². The number of aliphatic carboxylic acids is 1. The molecule has 0 aromatic carbocycles. The molecule has 1 fully saturated rings. The van der Waals surface area contributed by atoms with E-state index in [1.807, 2.05) is 10.9 Å². The summed E-state index contributed by atoms with van der Waals surface area (Å²) in [5, 5.41) is 12.9. The van der Waals surface area contributed by atoms with Crippen molar-refractivity contribution in [2.24, 2.45) is 0 Å². The maximum Gasteiger partial charge on any atom is 0.310 e. The Morgan fingerprint density at radius 3 is 3.00 bits per heavy atom. The predicted octanol–water partition coefficient (Wildman–Crippen LogP) is 1.41. The van der Waals surface area contributed by atoms with Gasteiger partial charge in [-0.1, -0.05) is 0 Å². The van der Waals surface area contributed by atoms with Crippen LogP contribution in [0.15, 0.2) is 12.4 Å². The Bertz CT molecular complexity index is 328. The van der Waals surface area contributed by atoms with Gasteiger partial charge in [-0.3, -0.25) is 9.48 Å². The Labute approximate surface area is 76.2 Å². The number of hydrogen-bond donors (Lipinski definition) is 1. The molecule has 0 radical (unpaired) electrons. The number of carboxylic acid groups (broad SMARTS) is 1. The smallest absolute Gasteiger partial charge is 0.310 e. The topological polar surface area (TPSA) is 55.1 Å². The molecule has 1 atom stereocenters. The molecule has 13 heavy (non-hydrogen) atoms. The summed E-state index contributed by atoms with van der Waals surface area (Å²) in [7, 11) is 0. The largest absolute Gasteiger partial charge is 0.481 e. The molecule has 1 aliphatic carbocycles. The van der Waals surface area contributed by atoms with Gasteiger partial charge in [0.2, 0.25) is 0 Å². The molecular weight excluding hydrogens is 168 g/mol. The summed E-state index contributed by atoms with van der Waals surface area (Å²) in [6, 6.07) is 0.523. The first-order valence-electron chi connectivity index (χ1n) is 4.45. The SMILES string of the molecule is CC(C(=O)O)c1cnn(C2CC2)c1. The van der Waals surface area contributed by atoms with Gasteiger partial charge in [-0.05, 0) is 19.8 Å². The lowest BCUT2D eigenvalue weighted by Gasteiger charge is -2.00. The van der Waals surface area contributed by atoms with Gasteiger partial charge in [-0.15, -0.1) is 0 Å². The quantitative estimate of drug-likeness (QED) is 0.765. The van der Waals surface area contributed by atoms with Crippen LogP contribution in [0.5, 0.6) is 0 Å².